The lowest BCUT2D eigenvalue weighted by atomic mass is 10.0. The summed E-state index contributed by atoms with van der Waals surface area (Å²) in [5.41, 5.74) is 0. The number of hydrogen-bond donors (Lipinski definition) is 2. The third-order valence-electron chi connectivity index (χ3n) is 2.93. The average molecular weight is 224 g/mol. The summed E-state index contributed by atoms with van der Waals surface area (Å²) >= 11 is 0. The molecule has 0 aromatic carbocycles. The van der Waals surface area contributed by atoms with E-state index in [0.29, 0.717) is 17.9 Å². The number of H-pyrrole nitrogens is 1. The van der Waals surface area contributed by atoms with Gasteiger partial charge in [-0.25, -0.2) is 4.98 Å². The number of aromatic amines is 1. The van der Waals surface area contributed by atoms with E-state index in [9.17, 15) is 0 Å². The number of rotatable bonds is 4. The second-order valence-corrected chi connectivity index (χ2v) is 4.54. The molecule has 2 rings (SSSR count). The number of nitrogens with one attached hydrogen (secondary N) is 2. The standard InChI is InChI=1S/C11H20N4O/c1-4-12-9-6-16-5-8(9)11-13-10(7(2)3)14-15-11/h7-9,12H,4-6H2,1-3H3,(H,13,14,15). The molecule has 90 valence electrons. The maximum absolute atomic E-state index is 5.50. The van der Waals surface area contributed by atoms with Gasteiger partial charge in [0.15, 0.2) is 5.82 Å². The van der Waals surface area contributed by atoms with Crippen LogP contribution in [-0.2, 0) is 4.74 Å². The van der Waals surface area contributed by atoms with E-state index in [1.54, 1.807) is 0 Å². The molecule has 0 spiro atoms. The quantitative estimate of drug-likeness (QED) is 0.801. The second-order valence-electron chi connectivity index (χ2n) is 4.54. The van der Waals surface area contributed by atoms with Crippen molar-refractivity contribution in [3.63, 3.8) is 0 Å². The van der Waals surface area contributed by atoms with E-state index in [2.05, 4.69) is 41.3 Å². The van der Waals surface area contributed by atoms with Crippen molar-refractivity contribution in [1.29, 1.82) is 0 Å². The number of hydrogen-bond acceptors (Lipinski definition) is 4. The Hall–Kier alpha value is -0.940. The summed E-state index contributed by atoms with van der Waals surface area (Å²) in [4.78, 5) is 4.54. The Morgan fingerprint density at radius 1 is 1.50 bits per heavy atom. The molecule has 16 heavy (non-hydrogen) atoms. The van der Waals surface area contributed by atoms with Crippen LogP contribution in [0.1, 0.15) is 44.3 Å². The molecule has 1 aromatic rings. The molecular formula is C11H20N4O. The van der Waals surface area contributed by atoms with Gasteiger partial charge in [-0.2, -0.15) is 5.10 Å². The van der Waals surface area contributed by atoms with Gasteiger partial charge in [0.1, 0.15) is 5.82 Å². The lowest BCUT2D eigenvalue weighted by Crippen LogP contribution is -2.34. The van der Waals surface area contributed by atoms with E-state index in [0.717, 1.165) is 31.4 Å². The number of nitrogens with zero attached hydrogens (tertiary/aromatic N) is 2. The van der Waals surface area contributed by atoms with Crippen LogP contribution in [0.2, 0.25) is 0 Å². The van der Waals surface area contributed by atoms with Gasteiger partial charge < -0.3 is 10.1 Å². The van der Waals surface area contributed by atoms with Gasteiger partial charge in [0.2, 0.25) is 0 Å². The molecule has 0 radical (unpaired) electrons. The molecule has 0 bridgehead atoms. The normalized spacial score (nSPS) is 25.5. The molecule has 2 atom stereocenters. The summed E-state index contributed by atoms with van der Waals surface area (Å²) in [7, 11) is 0. The number of aromatic nitrogens is 3. The van der Waals surface area contributed by atoms with Gasteiger partial charge in [-0.3, -0.25) is 5.10 Å². The van der Waals surface area contributed by atoms with Gasteiger partial charge in [0, 0.05) is 12.0 Å². The van der Waals surface area contributed by atoms with Crippen molar-refractivity contribution in [2.75, 3.05) is 19.8 Å². The van der Waals surface area contributed by atoms with Crippen molar-refractivity contribution in [2.45, 2.75) is 38.6 Å². The number of ether oxygens (including phenoxy) is 1. The molecule has 0 aliphatic carbocycles. The fraction of sp³-hybridized carbons (Fsp3) is 0.818. The van der Waals surface area contributed by atoms with E-state index in [1.165, 1.54) is 0 Å². The third kappa shape index (κ3) is 2.25. The van der Waals surface area contributed by atoms with E-state index >= 15 is 0 Å². The largest absolute Gasteiger partial charge is 0.379 e. The SMILES string of the molecule is CCNC1COCC1c1nc(C(C)C)n[nH]1. The molecule has 1 aliphatic rings. The Bertz CT molecular complexity index is 336. The highest BCUT2D eigenvalue weighted by molar-refractivity contribution is 5.06. The topological polar surface area (TPSA) is 62.8 Å². The molecule has 0 amide bonds. The summed E-state index contributed by atoms with van der Waals surface area (Å²) in [6.45, 7) is 8.74. The molecule has 2 unspecified atom stereocenters. The minimum absolute atomic E-state index is 0.306. The highest BCUT2D eigenvalue weighted by Gasteiger charge is 2.31. The van der Waals surface area contributed by atoms with Crippen molar-refractivity contribution in [3.05, 3.63) is 11.6 Å². The minimum Gasteiger partial charge on any atom is -0.379 e. The maximum atomic E-state index is 5.50. The molecule has 1 aromatic heterocycles. The summed E-state index contributed by atoms with van der Waals surface area (Å²) in [6.07, 6.45) is 0. The van der Waals surface area contributed by atoms with Crippen molar-refractivity contribution in [2.24, 2.45) is 0 Å². The summed E-state index contributed by atoms with van der Waals surface area (Å²) in [5.74, 6) is 2.51. The first-order valence-corrected chi connectivity index (χ1v) is 5.95. The predicted molar refractivity (Wildman–Crippen MR) is 61.5 cm³/mol. The van der Waals surface area contributed by atoms with Crippen molar-refractivity contribution < 1.29 is 4.74 Å². The zero-order valence-electron chi connectivity index (χ0n) is 10.2. The van der Waals surface area contributed by atoms with Gasteiger partial charge in [0.05, 0.1) is 19.1 Å². The molecule has 5 nitrogen and oxygen atoms in total. The Kier molecular flexibility index (Phi) is 3.56. The van der Waals surface area contributed by atoms with Gasteiger partial charge >= 0.3 is 0 Å². The Balaban J connectivity index is 2.10. The highest BCUT2D eigenvalue weighted by atomic mass is 16.5. The highest BCUT2D eigenvalue weighted by Crippen LogP contribution is 2.23. The van der Waals surface area contributed by atoms with Crippen LogP contribution in [-0.4, -0.2) is 41.0 Å². The molecular weight excluding hydrogens is 204 g/mol. The zero-order valence-corrected chi connectivity index (χ0v) is 10.2. The molecule has 1 saturated heterocycles. The Labute approximate surface area is 96.0 Å². The summed E-state index contributed by atoms with van der Waals surface area (Å²) in [6, 6.07) is 0.359. The van der Waals surface area contributed by atoms with Crippen LogP contribution in [0.15, 0.2) is 0 Å². The van der Waals surface area contributed by atoms with Crippen LogP contribution in [0, 0.1) is 0 Å². The summed E-state index contributed by atoms with van der Waals surface area (Å²) in [5, 5.41) is 10.7. The zero-order chi connectivity index (χ0) is 11.5. The van der Waals surface area contributed by atoms with Crippen LogP contribution >= 0.6 is 0 Å². The Morgan fingerprint density at radius 2 is 2.31 bits per heavy atom. The lowest BCUT2D eigenvalue weighted by Gasteiger charge is -2.15. The molecule has 2 heterocycles. The lowest BCUT2D eigenvalue weighted by molar-refractivity contribution is 0.187. The van der Waals surface area contributed by atoms with Crippen LogP contribution < -0.4 is 5.32 Å². The molecule has 1 aliphatic heterocycles. The van der Waals surface area contributed by atoms with Crippen molar-refractivity contribution >= 4 is 0 Å². The van der Waals surface area contributed by atoms with Crippen LogP contribution in [0.5, 0.6) is 0 Å². The van der Waals surface area contributed by atoms with Crippen molar-refractivity contribution in [3.8, 4) is 0 Å². The van der Waals surface area contributed by atoms with Gasteiger partial charge in [-0.05, 0) is 6.54 Å². The minimum atomic E-state index is 0.306. The van der Waals surface area contributed by atoms with E-state index in [1.807, 2.05) is 0 Å². The van der Waals surface area contributed by atoms with E-state index < -0.39 is 0 Å². The first-order chi connectivity index (χ1) is 7.72. The predicted octanol–water partition coefficient (Wildman–Crippen LogP) is 1.02. The van der Waals surface area contributed by atoms with Crippen molar-refractivity contribution in [1.82, 2.24) is 20.5 Å². The fourth-order valence-electron chi connectivity index (χ4n) is 2.00. The molecule has 2 N–H and O–H groups in total. The third-order valence-corrected chi connectivity index (χ3v) is 2.93. The Morgan fingerprint density at radius 3 is 2.94 bits per heavy atom. The molecule has 5 heteroatoms. The fourth-order valence-corrected chi connectivity index (χ4v) is 2.00. The van der Waals surface area contributed by atoms with Gasteiger partial charge in [-0.1, -0.05) is 20.8 Å². The first-order valence-electron chi connectivity index (χ1n) is 5.95. The first kappa shape index (κ1) is 11.5. The van der Waals surface area contributed by atoms with Gasteiger partial charge in [-0.15, -0.1) is 0 Å². The molecule has 1 fully saturated rings. The second kappa shape index (κ2) is 4.93. The van der Waals surface area contributed by atoms with Crippen LogP contribution in [0.25, 0.3) is 0 Å². The molecule has 0 saturated carbocycles. The van der Waals surface area contributed by atoms with Crippen LogP contribution in [0.3, 0.4) is 0 Å². The smallest absolute Gasteiger partial charge is 0.153 e. The van der Waals surface area contributed by atoms with Gasteiger partial charge in [0.25, 0.3) is 0 Å². The van der Waals surface area contributed by atoms with E-state index in [4.69, 9.17) is 4.74 Å². The maximum Gasteiger partial charge on any atom is 0.153 e. The average Bonchev–Trinajstić information content (AvgIpc) is 2.84. The number of likely N-dealkylation sites (N-methyl/N-ethyl adjacent to an activating group) is 1. The van der Waals surface area contributed by atoms with Crippen LogP contribution in [0.4, 0.5) is 0 Å². The van der Waals surface area contributed by atoms with E-state index in [-0.39, 0.29) is 0 Å². The summed E-state index contributed by atoms with van der Waals surface area (Å²) < 4.78 is 5.50. The monoisotopic (exact) mass is 224 g/mol.